The molecule has 0 spiro atoms. The van der Waals surface area contributed by atoms with Crippen LogP contribution in [-0.4, -0.2) is 48.8 Å². The van der Waals surface area contributed by atoms with E-state index in [2.05, 4.69) is 0 Å². The molecule has 162 valence electrons. The summed E-state index contributed by atoms with van der Waals surface area (Å²) in [6, 6.07) is 18.4. The quantitative estimate of drug-likeness (QED) is 0.602. The number of amides is 1. The van der Waals surface area contributed by atoms with Crippen LogP contribution in [0, 0.1) is 11.3 Å². The van der Waals surface area contributed by atoms with Crippen molar-refractivity contribution in [3.63, 3.8) is 0 Å². The molecule has 7 nitrogen and oxygen atoms in total. The van der Waals surface area contributed by atoms with Gasteiger partial charge in [-0.2, -0.15) is 5.26 Å². The van der Waals surface area contributed by atoms with Crippen LogP contribution in [0.3, 0.4) is 0 Å². The van der Waals surface area contributed by atoms with Crippen molar-refractivity contribution in [2.45, 2.75) is 0 Å². The summed E-state index contributed by atoms with van der Waals surface area (Å²) in [5.74, 6) is 0.229. The number of nitriles is 1. The first kappa shape index (κ1) is 21.6. The molecule has 1 amide bonds. The van der Waals surface area contributed by atoms with Gasteiger partial charge in [0.1, 0.15) is 16.5 Å². The molecule has 8 heteroatoms. The number of aromatic nitrogens is 1. The van der Waals surface area contributed by atoms with E-state index in [0.29, 0.717) is 46.9 Å². The molecule has 0 N–H and O–H groups in total. The number of methoxy groups -OCH3 is 1. The molecule has 0 atom stereocenters. The van der Waals surface area contributed by atoms with Crippen molar-refractivity contribution in [2.75, 3.05) is 33.4 Å². The van der Waals surface area contributed by atoms with Crippen LogP contribution in [0.2, 0.25) is 0 Å². The molecule has 1 fully saturated rings. The molecule has 0 saturated carbocycles. The number of carbonyl (C=O) groups is 1. The summed E-state index contributed by atoms with van der Waals surface area (Å²) in [6.07, 6.45) is 1.73. The number of benzene rings is 2. The molecule has 0 radical (unpaired) electrons. The molecule has 2 aromatic carbocycles. The Hall–Kier alpha value is -3.67. The average Bonchev–Trinajstić information content (AvgIpc) is 3.16. The van der Waals surface area contributed by atoms with Gasteiger partial charge in [-0.3, -0.25) is 14.2 Å². The van der Waals surface area contributed by atoms with Gasteiger partial charge in [0, 0.05) is 18.7 Å². The second kappa shape index (κ2) is 9.64. The highest BCUT2D eigenvalue weighted by Gasteiger charge is 2.24. The molecule has 1 aromatic heterocycles. The van der Waals surface area contributed by atoms with E-state index in [1.807, 2.05) is 48.5 Å². The van der Waals surface area contributed by atoms with Crippen molar-refractivity contribution < 1.29 is 14.3 Å². The molecule has 4 rings (SSSR count). The number of rotatable bonds is 4. The fourth-order valence-corrected chi connectivity index (χ4v) is 4.59. The molecular weight excluding hydrogens is 426 g/mol. The highest BCUT2D eigenvalue weighted by molar-refractivity contribution is 7.07. The Morgan fingerprint density at radius 3 is 2.50 bits per heavy atom. The topological polar surface area (TPSA) is 84.6 Å². The second-order valence-corrected chi connectivity index (χ2v) is 8.06. The minimum absolute atomic E-state index is 0.0578. The number of morpholine rings is 1. The van der Waals surface area contributed by atoms with Gasteiger partial charge in [-0.15, -0.1) is 11.3 Å². The van der Waals surface area contributed by atoms with Crippen LogP contribution >= 0.6 is 11.3 Å². The standard InChI is InChI=1S/C24H21N3O4S/c1-30-20-10-6-5-7-17(20)15-21-23(29)27(18-8-3-2-4-9-18)24(32-21)19(16-25)22(28)26-11-13-31-14-12-26/h2-10,15H,11-14H2,1H3. The SMILES string of the molecule is COc1ccccc1C=c1sc(=C(C#N)C(=O)N2CCOCC2)n(-c2ccccc2)c1=O. The molecular formula is C24H21N3O4S. The molecule has 2 heterocycles. The van der Waals surface area contributed by atoms with Crippen LogP contribution in [0.25, 0.3) is 17.3 Å². The van der Waals surface area contributed by atoms with Gasteiger partial charge in [0.15, 0.2) is 5.57 Å². The molecule has 0 bridgehead atoms. The van der Waals surface area contributed by atoms with E-state index in [9.17, 15) is 14.9 Å². The zero-order chi connectivity index (χ0) is 22.5. The third-order valence-electron chi connectivity index (χ3n) is 5.10. The first-order valence-corrected chi connectivity index (χ1v) is 10.9. The van der Waals surface area contributed by atoms with Crippen LogP contribution in [0.4, 0.5) is 0 Å². The van der Waals surface area contributed by atoms with Gasteiger partial charge in [-0.25, -0.2) is 0 Å². The smallest absolute Gasteiger partial charge is 0.273 e. The molecule has 0 unspecified atom stereocenters. The van der Waals surface area contributed by atoms with Gasteiger partial charge in [0.25, 0.3) is 11.5 Å². The number of carbonyl (C=O) groups excluding carboxylic acids is 1. The minimum Gasteiger partial charge on any atom is -0.496 e. The Kier molecular flexibility index (Phi) is 6.50. The summed E-state index contributed by atoms with van der Waals surface area (Å²) in [5.41, 5.74) is 0.964. The predicted octanol–water partition coefficient (Wildman–Crippen LogP) is 1.27. The van der Waals surface area contributed by atoms with Crippen molar-refractivity contribution in [3.8, 4) is 17.5 Å². The summed E-state index contributed by atoms with van der Waals surface area (Å²) in [7, 11) is 1.57. The maximum absolute atomic E-state index is 13.4. The molecule has 1 aliphatic rings. The largest absolute Gasteiger partial charge is 0.496 e. The monoisotopic (exact) mass is 447 g/mol. The van der Waals surface area contributed by atoms with Crippen molar-refractivity contribution in [2.24, 2.45) is 0 Å². The lowest BCUT2D eigenvalue weighted by Gasteiger charge is -2.26. The van der Waals surface area contributed by atoms with Crippen LogP contribution in [0.15, 0.2) is 59.4 Å². The van der Waals surface area contributed by atoms with E-state index in [1.165, 1.54) is 4.57 Å². The molecule has 3 aromatic rings. The van der Waals surface area contributed by atoms with Crippen LogP contribution in [0.5, 0.6) is 5.75 Å². The van der Waals surface area contributed by atoms with Gasteiger partial charge >= 0.3 is 0 Å². The summed E-state index contributed by atoms with van der Waals surface area (Å²) in [4.78, 5) is 28.2. The van der Waals surface area contributed by atoms with Gasteiger partial charge in [0.05, 0.1) is 30.5 Å². The highest BCUT2D eigenvalue weighted by Crippen LogP contribution is 2.17. The van der Waals surface area contributed by atoms with Crippen molar-refractivity contribution in [1.29, 1.82) is 5.26 Å². The maximum atomic E-state index is 13.4. The third-order valence-corrected chi connectivity index (χ3v) is 6.19. The highest BCUT2D eigenvalue weighted by atomic mass is 32.1. The Morgan fingerprint density at radius 2 is 1.81 bits per heavy atom. The lowest BCUT2D eigenvalue weighted by molar-refractivity contribution is -0.128. The predicted molar refractivity (Wildman–Crippen MR) is 122 cm³/mol. The Labute approximate surface area is 188 Å². The summed E-state index contributed by atoms with van der Waals surface area (Å²) in [6.45, 7) is 1.66. The number of hydrogen-bond acceptors (Lipinski definition) is 6. The molecule has 1 aliphatic heterocycles. The van der Waals surface area contributed by atoms with E-state index in [4.69, 9.17) is 9.47 Å². The van der Waals surface area contributed by atoms with E-state index >= 15 is 0 Å². The number of thiazole rings is 1. The fraction of sp³-hybridized carbons (Fsp3) is 0.208. The van der Waals surface area contributed by atoms with Crippen LogP contribution in [-0.2, 0) is 9.53 Å². The second-order valence-electron chi connectivity index (χ2n) is 7.03. The lowest BCUT2D eigenvalue weighted by Crippen LogP contribution is -2.42. The van der Waals surface area contributed by atoms with E-state index in [0.717, 1.165) is 16.9 Å². The van der Waals surface area contributed by atoms with Crippen molar-refractivity contribution in [1.82, 2.24) is 9.47 Å². The van der Waals surface area contributed by atoms with E-state index < -0.39 is 5.91 Å². The van der Waals surface area contributed by atoms with Gasteiger partial charge in [-0.05, 0) is 24.3 Å². The van der Waals surface area contributed by atoms with Crippen LogP contribution < -0.4 is 19.5 Å². The van der Waals surface area contributed by atoms with Gasteiger partial charge in [0.2, 0.25) is 0 Å². The zero-order valence-electron chi connectivity index (χ0n) is 17.5. The van der Waals surface area contributed by atoms with E-state index in [-0.39, 0.29) is 11.1 Å². The average molecular weight is 448 g/mol. The fourth-order valence-electron chi connectivity index (χ4n) is 3.50. The number of ether oxygens (including phenoxy) is 2. The van der Waals surface area contributed by atoms with Gasteiger partial charge < -0.3 is 14.4 Å². The lowest BCUT2D eigenvalue weighted by atomic mass is 10.2. The first-order valence-electron chi connectivity index (χ1n) is 10.1. The van der Waals surface area contributed by atoms with Crippen molar-refractivity contribution in [3.05, 3.63) is 79.7 Å². The third kappa shape index (κ3) is 4.21. The minimum atomic E-state index is -0.398. The molecule has 1 saturated heterocycles. The number of hydrogen-bond donors (Lipinski definition) is 0. The molecule has 0 aliphatic carbocycles. The zero-order valence-corrected chi connectivity index (χ0v) is 18.3. The molecule has 32 heavy (non-hydrogen) atoms. The Bertz CT molecular complexity index is 1350. The van der Waals surface area contributed by atoms with Gasteiger partial charge in [-0.1, -0.05) is 36.4 Å². The maximum Gasteiger partial charge on any atom is 0.273 e. The summed E-state index contributed by atoms with van der Waals surface area (Å²) in [5, 5.41) is 9.92. The Balaban J connectivity index is 2.00. The van der Waals surface area contributed by atoms with Crippen molar-refractivity contribution >= 4 is 28.9 Å². The number of nitrogens with zero attached hydrogens (tertiary/aromatic N) is 3. The Morgan fingerprint density at radius 1 is 1.12 bits per heavy atom. The number of para-hydroxylation sites is 2. The first-order chi connectivity index (χ1) is 15.6. The normalized spacial score (nSPS) is 15.2. The van der Waals surface area contributed by atoms with Crippen LogP contribution in [0.1, 0.15) is 5.56 Å². The van der Waals surface area contributed by atoms with E-state index in [1.54, 1.807) is 30.2 Å². The summed E-state index contributed by atoms with van der Waals surface area (Å²) >= 11 is 1.12. The summed E-state index contributed by atoms with van der Waals surface area (Å²) < 4.78 is 12.9.